The number of hydrogen-bond donors (Lipinski definition) is 0. The molecular formula is C16H22N4. The van der Waals surface area contributed by atoms with Crippen molar-refractivity contribution in [3.05, 3.63) is 22.9 Å². The van der Waals surface area contributed by atoms with Crippen molar-refractivity contribution in [3.63, 3.8) is 0 Å². The molecule has 106 valence electrons. The van der Waals surface area contributed by atoms with Gasteiger partial charge in [0, 0.05) is 24.8 Å². The molecule has 0 bridgehead atoms. The smallest absolute Gasteiger partial charge is 0.146 e. The van der Waals surface area contributed by atoms with Gasteiger partial charge in [0.2, 0.25) is 0 Å². The molecule has 1 aliphatic carbocycles. The number of rotatable bonds is 2. The van der Waals surface area contributed by atoms with Gasteiger partial charge in [-0.15, -0.1) is 0 Å². The summed E-state index contributed by atoms with van der Waals surface area (Å²) in [5, 5.41) is 9.43. The van der Waals surface area contributed by atoms with Crippen LogP contribution >= 0.6 is 0 Å². The number of piperidine rings is 1. The van der Waals surface area contributed by atoms with Gasteiger partial charge in [-0.05, 0) is 57.8 Å². The molecule has 1 saturated heterocycles. The van der Waals surface area contributed by atoms with Crippen LogP contribution in [0.3, 0.4) is 0 Å². The zero-order valence-corrected chi connectivity index (χ0v) is 12.4. The zero-order valence-electron chi connectivity index (χ0n) is 12.4. The first-order chi connectivity index (χ1) is 9.69. The number of hydrogen-bond acceptors (Lipinski definition) is 4. The number of likely N-dealkylation sites (N-methyl/N-ethyl adjacent to an activating group) is 1. The lowest BCUT2D eigenvalue weighted by molar-refractivity contribution is 0.257. The fourth-order valence-electron chi connectivity index (χ4n) is 3.35. The Morgan fingerprint density at radius 2 is 2.20 bits per heavy atom. The summed E-state index contributed by atoms with van der Waals surface area (Å²) in [5.74, 6) is 0.916. The van der Waals surface area contributed by atoms with E-state index in [1.807, 2.05) is 0 Å². The Balaban J connectivity index is 1.91. The number of fused-ring (bicyclic) bond motifs is 1. The number of aryl methyl sites for hydroxylation is 2. The molecule has 0 spiro atoms. The van der Waals surface area contributed by atoms with E-state index in [0.717, 1.165) is 37.3 Å². The predicted octanol–water partition coefficient (Wildman–Crippen LogP) is 1.97. The molecule has 3 rings (SSSR count). The van der Waals surface area contributed by atoms with Crippen LogP contribution in [0.1, 0.15) is 36.1 Å². The van der Waals surface area contributed by atoms with Crippen LogP contribution in [0.2, 0.25) is 0 Å². The molecule has 1 aromatic rings. The molecule has 0 amide bonds. The van der Waals surface area contributed by atoms with E-state index in [2.05, 4.69) is 36.0 Å². The van der Waals surface area contributed by atoms with Crippen molar-refractivity contribution < 1.29 is 0 Å². The van der Waals surface area contributed by atoms with Crippen molar-refractivity contribution in [1.82, 2.24) is 9.88 Å². The van der Waals surface area contributed by atoms with Gasteiger partial charge in [-0.25, -0.2) is 4.98 Å². The van der Waals surface area contributed by atoms with Gasteiger partial charge >= 0.3 is 0 Å². The van der Waals surface area contributed by atoms with Crippen LogP contribution in [-0.4, -0.2) is 43.1 Å². The van der Waals surface area contributed by atoms with Crippen molar-refractivity contribution >= 4 is 5.82 Å². The van der Waals surface area contributed by atoms with Gasteiger partial charge in [0.1, 0.15) is 11.9 Å². The highest BCUT2D eigenvalue weighted by Gasteiger charge is 2.25. The first-order valence-corrected chi connectivity index (χ1v) is 7.53. The maximum atomic E-state index is 9.43. The second-order valence-corrected chi connectivity index (χ2v) is 6.14. The monoisotopic (exact) mass is 270 g/mol. The highest BCUT2D eigenvalue weighted by atomic mass is 15.2. The lowest BCUT2D eigenvalue weighted by Crippen LogP contribution is -2.45. The third-order valence-electron chi connectivity index (χ3n) is 4.58. The summed E-state index contributed by atoms with van der Waals surface area (Å²) in [4.78, 5) is 9.42. The van der Waals surface area contributed by atoms with Gasteiger partial charge in [0.15, 0.2) is 0 Å². The van der Waals surface area contributed by atoms with Gasteiger partial charge in [0.25, 0.3) is 0 Å². The molecule has 1 fully saturated rings. The third kappa shape index (κ3) is 2.38. The lowest BCUT2D eigenvalue weighted by atomic mass is 10.0. The van der Waals surface area contributed by atoms with Crippen LogP contribution in [0, 0.1) is 11.3 Å². The minimum absolute atomic E-state index is 0.561. The van der Waals surface area contributed by atoms with Crippen molar-refractivity contribution in [2.75, 3.05) is 32.1 Å². The summed E-state index contributed by atoms with van der Waals surface area (Å²) >= 11 is 0. The molecule has 0 radical (unpaired) electrons. The Morgan fingerprint density at radius 3 is 2.95 bits per heavy atom. The minimum Gasteiger partial charge on any atom is -0.354 e. The second-order valence-electron chi connectivity index (χ2n) is 6.14. The maximum Gasteiger partial charge on any atom is 0.146 e. The lowest BCUT2D eigenvalue weighted by Gasteiger charge is -2.37. The maximum absolute atomic E-state index is 9.43. The number of aromatic nitrogens is 1. The van der Waals surface area contributed by atoms with Crippen LogP contribution in [-0.2, 0) is 12.8 Å². The Bertz CT molecular complexity index is 544. The van der Waals surface area contributed by atoms with E-state index >= 15 is 0 Å². The SMILES string of the molecule is CN(C)C1CCCN(c2nc3c(cc2C#N)CCC3)C1. The predicted molar refractivity (Wildman–Crippen MR) is 79.9 cm³/mol. The van der Waals surface area contributed by atoms with Crippen LogP contribution in [0.5, 0.6) is 0 Å². The fourth-order valence-corrected chi connectivity index (χ4v) is 3.35. The zero-order chi connectivity index (χ0) is 14.1. The second kappa shape index (κ2) is 5.41. The van der Waals surface area contributed by atoms with Crippen LogP contribution in [0.4, 0.5) is 5.82 Å². The molecule has 4 heteroatoms. The van der Waals surface area contributed by atoms with Gasteiger partial charge in [-0.1, -0.05) is 0 Å². The molecule has 0 aromatic carbocycles. The van der Waals surface area contributed by atoms with Crippen molar-refractivity contribution in [2.45, 2.75) is 38.1 Å². The first-order valence-electron chi connectivity index (χ1n) is 7.53. The van der Waals surface area contributed by atoms with Crippen LogP contribution in [0.25, 0.3) is 0 Å². The molecule has 2 aliphatic rings. The van der Waals surface area contributed by atoms with Crippen molar-refractivity contribution in [1.29, 1.82) is 5.26 Å². The Hall–Kier alpha value is -1.60. The number of pyridine rings is 1. The van der Waals surface area contributed by atoms with Gasteiger partial charge in [-0.2, -0.15) is 5.26 Å². The molecule has 0 N–H and O–H groups in total. The Labute approximate surface area is 121 Å². The summed E-state index contributed by atoms with van der Waals surface area (Å²) < 4.78 is 0. The number of anilines is 1. The molecule has 1 atom stereocenters. The summed E-state index contributed by atoms with van der Waals surface area (Å²) in [5.41, 5.74) is 3.25. The van der Waals surface area contributed by atoms with Gasteiger partial charge < -0.3 is 9.80 Å². The fraction of sp³-hybridized carbons (Fsp3) is 0.625. The van der Waals surface area contributed by atoms with Crippen LogP contribution < -0.4 is 4.90 Å². The van der Waals surface area contributed by atoms with E-state index in [1.54, 1.807) is 0 Å². The summed E-state index contributed by atoms with van der Waals surface area (Å²) in [7, 11) is 4.27. The molecular weight excluding hydrogens is 248 g/mol. The molecule has 2 heterocycles. The molecule has 1 aliphatic heterocycles. The average Bonchev–Trinajstić information content (AvgIpc) is 2.93. The first kappa shape index (κ1) is 13.4. The topological polar surface area (TPSA) is 43.2 Å². The summed E-state index contributed by atoms with van der Waals surface area (Å²) in [6, 6.07) is 4.98. The quantitative estimate of drug-likeness (QED) is 0.824. The molecule has 4 nitrogen and oxygen atoms in total. The Morgan fingerprint density at radius 1 is 1.35 bits per heavy atom. The van der Waals surface area contributed by atoms with Crippen molar-refractivity contribution in [3.8, 4) is 6.07 Å². The average molecular weight is 270 g/mol. The Kier molecular flexibility index (Phi) is 3.62. The highest BCUT2D eigenvalue weighted by Crippen LogP contribution is 2.29. The van der Waals surface area contributed by atoms with Crippen molar-refractivity contribution in [2.24, 2.45) is 0 Å². The largest absolute Gasteiger partial charge is 0.354 e. The van der Waals surface area contributed by atoms with E-state index in [1.165, 1.54) is 30.5 Å². The van der Waals surface area contributed by atoms with Gasteiger partial charge in [0.05, 0.1) is 5.56 Å². The van der Waals surface area contributed by atoms with Crippen LogP contribution in [0.15, 0.2) is 6.07 Å². The molecule has 1 unspecified atom stereocenters. The van der Waals surface area contributed by atoms with E-state index in [4.69, 9.17) is 4.98 Å². The third-order valence-corrected chi connectivity index (χ3v) is 4.58. The highest BCUT2D eigenvalue weighted by molar-refractivity contribution is 5.57. The van der Waals surface area contributed by atoms with Gasteiger partial charge in [-0.3, -0.25) is 0 Å². The molecule has 20 heavy (non-hydrogen) atoms. The standard InChI is InChI=1S/C16H22N4/c1-19(2)14-6-4-8-20(11-14)16-13(10-17)9-12-5-3-7-15(12)18-16/h9,14H,3-8,11H2,1-2H3. The summed E-state index contributed by atoms with van der Waals surface area (Å²) in [6.45, 7) is 2.00. The molecule has 0 saturated carbocycles. The molecule has 1 aromatic heterocycles. The number of nitriles is 1. The normalized spacial score (nSPS) is 21.9. The van der Waals surface area contributed by atoms with E-state index in [-0.39, 0.29) is 0 Å². The van der Waals surface area contributed by atoms with E-state index < -0.39 is 0 Å². The van der Waals surface area contributed by atoms with E-state index in [9.17, 15) is 5.26 Å². The van der Waals surface area contributed by atoms with E-state index in [0.29, 0.717) is 6.04 Å². The number of nitrogens with zero attached hydrogens (tertiary/aromatic N) is 4. The summed E-state index contributed by atoms with van der Waals surface area (Å²) in [6.07, 6.45) is 5.73. The minimum atomic E-state index is 0.561.